The highest BCUT2D eigenvalue weighted by molar-refractivity contribution is 5.75. The third kappa shape index (κ3) is 0.969. The first kappa shape index (κ1) is 6.33. The molecule has 0 saturated carbocycles. The van der Waals surface area contributed by atoms with Crippen LogP contribution in [0.2, 0.25) is 0 Å². The molecule has 1 aliphatic carbocycles. The number of carbonyl (C=O) groups is 1. The number of hydrogen-bond donors (Lipinski definition) is 0. The predicted molar refractivity (Wildman–Crippen MR) is 31.5 cm³/mol. The molecule has 0 fully saturated rings. The molecule has 0 saturated heterocycles. The zero-order chi connectivity index (χ0) is 6.91. The molecule has 0 bridgehead atoms. The van der Waals surface area contributed by atoms with E-state index < -0.39 is 11.4 Å². The molecule has 1 atom stereocenters. The van der Waals surface area contributed by atoms with Crippen LogP contribution in [0, 0.1) is 5.41 Å². The van der Waals surface area contributed by atoms with Crippen molar-refractivity contribution in [2.24, 2.45) is 5.41 Å². The predicted octanol–water partition coefficient (Wildman–Crippen LogP) is 0.0926. The minimum Gasteiger partial charge on any atom is -0.549 e. The molecule has 0 N–H and O–H groups in total. The fourth-order valence-corrected chi connectivity index (χ4v) is 0.980. The van der Waals surface area contributed by atoms with Gasteiger partial charge in [0.1, 0.15) is 0 Å². The van der Waals surface area contributed by atoms with Gasteiger partial charge in [0, 0.05) is 5.41 Å². The molecule has 0 amide bonds. The van der Waals surface area contributed by atoms with E-state index in [1.807, 2.05) is 6.08 Å². The van der Waals surface area contributed by atoms with E-state index >= 15 is 0 Å². The molecule has 1 rings (SSSR count). The summed E-state index contributed by atoms with van der Waals surface area (Å²) in [6.07, 6.45) is 5.15. The van der Waals surface area contributed by atoms with Crippen LogP contribution in [-0.2, 0) is 4.79 Å². The van der Waals surface area contributed by atoms with Gasteiger partial charge in [-0.15, -0.1) is 0 Å². The molecule has 0 spiro atoms. The lowest BCUT2D eigenvalue weighted by Gasteiger charge is -2.22. The molecule has 0 heterocycles. The van der Waals surface area contributed by atoms with Crippen LogP contribution in [-0.4, -0.2) is 5.97 Å². The highest BCUT2D eigenvalue weighted by Gasteiger charge is 2.24. The molecule has 50 valence electrons. The Morgan fingerprint density at radius 2 is 2.44 bits per heavy atom. The first-order valence-corrected chi connectivity index (χ1v) is 3.04. The Kier molecular flexibility index (Phi) is 1.31. The van der Waals surface area contributed by atoms with Gasteiger partial charge in [-0.25, -0.2) is 0 Å². The summed E-state index contributed by atoms with van der Waals surface area (Å²) in [6, 6.07) is 0. The monoisotopic (exact) mass is 125 g/mol. The molecule has 0 aliphatic heterocycles. The van der Waals surface area contributed by atoms with E-state index in [0.29, 0.717) is 6.42 Å². The molecule has 0 aromatic heterocycles. The molecule has 9 heavy (non-hydrogen) atoms. The number of carboxylic acid groups (broad SMARTS) is 1. The van der Waals surface area contributed by atoms with Gasteiger partial charge in [-0.1, -0.05) is 19.1 Å². The van der Waals surface area contributed by atoms with Crippen LogP contribution in [0.3, 0.4) is 0 Å². The largest absolute Gasteiger partial charge is 0.549 e. The van der Waals surface area contributed by atoms with Gasteiger partial charge < -0.3 is 9.90 Å². The van der Waals surface area contributed by atoms with Crippen molar-refractivity contribution in [3.63, 3.8) is 0 Å². The van der Waals surface area contributed by atoms with Crippen LogP contribution in [0.5, 0.6) is 0 Å². The van der Waals surface area contributed by atoms with Gasteiger partial charge in [-0.3, -0.25) is 0 Å². The molecule has 2 nitrogen and oxygen atoms in total. The van der Waals surface area contributed by atoms with Gasteiger partial charge in [0.25, 0.3) is 0 Å². The second kappa shape index (κ2) is 1.87. The van der Waals surface area contributed by atoms with Crippen molar-refractivity contribution in [3.05, 3.63) is 12.2 Å². The Morgan fingerprint density at radius 1 is 1.78 bits per heavy atom. The van der Waals surface area contributed by atoms with Gasteiger partial charge in [-0.2, -0.15) is 0 Å². The maximum Gasteiger partial charge on any atom is 0.0511 e. The van der Waals surface area contributed by atoms with Crippen molar-refractivity contribution in [1.82, 2.24) is 0 Å². The highest BCUT2D eigenvalue weighted by Crippen LogP contribution is 2.29. The lowest BCUT2D eigenvalue weighted by molar-refractivity contribution is -0.315. The summed E-state index contributed by atoms with van der Waals surface area (Å²) < 4.78 is 0. The average molecular weight is 125 g/mol. The van der Waals surface area contributed by atoms with Crippen molar-refractivity contribution >= 4 is 5.97 Å². The van der Waals surface area contributed by atoms with E-state index in [4.69, 9.17) is 0 Å². The zero-order valence-electron chi connectivity index (χ0n) is 5.39. The van der Waals surface area contributed by atoms with Gasteiger partial charge in [0.05, 0.1) is 5.97 Å². The molecule has 0 aromatic rings. The molecule has 1 unspecified atom stereocenters. The Balaban J connectivity index is 2.74. The summed E-state index contributed by atoms with van der Waals surface area (Å²) in [4.78, 5) is 10.4. The fourth-order valence-electron chi connectivity index (χ4n) is 0.980. The van der Waals surface area contributed by atoms with Crippen LogP contribution >= 0.6 is 0 Å². The highest BCUT2D eigenvalue weighted by atomic mass is 16.4. The number of aliphatic carboxylic acids is 1. The van der Waals surface area contributed by atoms with Crippen molar-refractivity contribution in [3.8, 4) is 0 Å². The third-order valence-corrected chi connectivity index (χ3v) is 1.78. The SMILES string of the molecule is CC1(C(=O)[O-])C=CCC1. The maximum absolute atomic E-state index is 10.4. The summed E-state index contributed by atoms with van der Waals surface area (Å²) in [7, 11) is 0. The van der Waals surface area contributed by atoms with Crippen LogP contribution in [0.1, 0.15) is 19.8 Å². The van der Waals surface area contributed by atoms with Gasteiger partial charge in [-0.05, 0) is 12.8 Å². The third-order valence-electron chi connectivity index (χ3n) is 1.78. The first-order chi connectivity index (χ1) is 4.15. The Bertz CT molecular complexity index is 160. The normalized spacial score (nSPS) is 33.0. The van der Waals surface area contributed by atoms with E-state index in [9.17, 15) is 9.90 Å². The Morgan fingerprint density at radius 3 is 2.67 bits per heavy atom. The summed E-state index contributed by atoms with van der Waals surface area (Å²) >= 11 is 0. The number of carbonyl (C=O) groups excluding carboxylic acids is 1. The van der Waals surface area contributed by atoms with Crippen molar-refractivity contribution in [1.29, 1.82) is 0 Å². The van der Waals surface area contributed by atoms with Crippen molar-refractivity contribution < 1.29 is 9.90 Å². The molecular formula is C7H9O2-. The van der Waals surface area contributed by atoms with E-state index in [2.05, 4.69) is 0 Å². The smallest absolute Gasteiger partial charge is 0.0511 e. The Hall–Kier alpha value is -0.790. The first-order valence-electron chi connectivity index (χ1n) is 3.04. The second-order valence-corrected chi connectivity index (χ2v) is 2.65. The number of hydrogen-bond acceptors (Lipinski definition) is 2. The van der Waals surface area contributed by atoms with Crippen LogP contribution in [0.4, 0.5) is 0 Å². The summed E-state index contributed by atoms with van der Waals surface area (Å²) in [5.41, 5.74) is -0.681. The summed E-state index contributed by atoms with van der Waals surface area (Å²) in [5.74, 6) is -0.962. The number of allylic oxidation sites excluding steroid dienone is 1. The molecule has 2 heteroatoms. The standard InChI is InChI=1S/C7H10O2/c1-7(6(8)9)4-2-3-5-7/h2,4H,3,5H2,1H3,(H,8,9)/p-1. The Labute approximate surface area is 54.2 Å². The number of carboxylic acids is 1. The van der Waals surface area contributed by atoms with E-state index in [0.717, 1.165) is 6.42 Å². The van der Waals surface area contributed by atoms with Gasteiger partial charge in [0.15, 0.2) is 0 Å². The molecule has 0 aromatic carbocycles. The van der Waals surface area contributed by atoms with Gasteiger partial charge >= 0.3 is 0 Å². The quantitative estimate of drug-likeness (QED) is 0.466. The minimum atomic E-state index is -0.962. The topological polar surface area (TPSA) is 40.1 Å². The summed E-state index contributed by atoms with van der Waals surface area (Å²) in [5, 5.41) is 10.4. The van der Waals surface area contributed by atoms with E-state index in [1.165, 1.54) is 0 Å². The van der Waals surface area contributed by atoms with Crippen LogP contribution in [0.15, 0.2) is 12.2 Å². The lowest BCUT2D eigenvalue weighted by Crippen LogP contribution is -2.37. The minimum absolute atomic E-state index is 0.681. The van der Waals surface area contributed by atoms with Crippen LogP contribution < -0.4 is 5.11 Å². The van der Waals surface area contributed by atoms with Crippen LogP contribution in [0.25, 0.3) is 0 Å². The molecule has 0 radical (unpaired) electrons. The second-order valence-electron chi connectivity index (χ2n) is 2.65. The van der Waals surface area contributed by atoms with Crippen molar-refractivity contribution in [2.45, 2.75) is 19.8 Å². The van der Waals surface area contributed by atoms with E-state index in [1.54, 1.807) is 13.0 Å². The molecule has 1 aliphatic rings. The van der Waals surface area contributed by atoms with E-state index in [-0.39, 0.29) is 0 Å². The zero-order valence-corrected chi connectivity index (χ0v) is 5.39. The number of rotatable bonds is 1. The maximum atomic E-state index is 10.4. The van der Waals surface area contributed by atoms with Gasteiger partial charge in [0.2, 0.25) is 0 Å². The molecular weight excluding hydrogens is 116 g/mol. The fraction of sp³-hybridized carbons (Fsp3) is 0.571. The average Bonchev–Trinajstić information content (AvgIpc) is 2.16. The summed E-state index contributed by atoms with van der Waals surface area (Å²) in [6.45, 7) is 1.69. The van der Waals surface area contributed by atoms with Crippen molar-refractivity contribution in [2.75, 3.05) is 0 Å². The lowest BCUT2D eigenvalue weighted by atomic mass is 9.91.